The minimum Gasteiger partial charge on any atom is -0.497 e. The Kier molecular flexibility index (Phi) is 9.10. The van der Waals surface area contributed by atoms with E-state index in [4.69, 9.17) is 4.74 Å². The number of hydrogen-bond donors (Lipinski definition) is 1. The lowest BCUT2D eigenvalue weighted by Crippen LogP contribution is -2.50. The van der Waals surface area contributed by atoms with Crippen LogP contribution in [-0.2, 0) is 22.6 Å². The number of rotatable bonds is 12. The molecular formula is C31H33N3O5. The Labute approximate surface area is 228 Å². The first kappa shape index (κ1) is 27.6. The minimum absolute atomic E-state index is 0.0715. The van der Waals surface area contributed by atoms with Crippen molar-refractivity contribution in [3.05, 3.63) is 101 Å². The Morgan fingerprint density at radius 2 is 1.54 bits per heavy atom. The third-order valence-electron chi connectivity index (χ3n) is 6.76. The maximum absolute atomic E-state index is 13.7. The standard InChI is InChI=1S/C31H33N3O5/c1-3-32-29(36)27(20-22-11-5-4-6-12-22)34(21-23-13-9-14-24(19-23)39-2)28(35)17-10-18-33-30(37)25-15-7-8-16-26(25)31(33)38/h4-9,11-16,19,27H,3,10,17-18,20-21H2,1-2H3,(H,32,36). The molecule has 4 rings (SSSR count). The van der Waals surface area contributed by atoms with Gasteiger partial charge < -0.3 is 15.0 Å². The predicted molar refractivity (Wildman–Crippen MR) is 147 cm³/mol. The molecule has 4 amide bonds. The number of methoxy groups -OCH3 is 1. The van der Waals surface area contributed by atoms with E-state index >= 15 is 0 Å². The summed E-state index contributed by atoms with van der Waals surface area (Å²) in [6, 6.07) is 23.0. The quantitative estimate of drug-likeness (QED) is 0.361. The minimum atomic E-state index is -0.745. The maximum atomic E-state index is 13.7. The van der Waals surface area contributed by atoms with E-state index in [9.17, 15) is 19.2 Å². The van der Waals surface area contributed by atoms with Crippen molar-refractivity contribution in [2.24, 2.45) is 0 Å². The summed E-state index contributed by atoms with van der Waals surface area (Å²) in [6.07, 6.45) is 0.704. The highest BCUT2D eigenvalue weighted by molar-refractivity contribution is 6.21. The Hall–Kier alpha value is -4.46. The van der Waals surface area contributed by atoms with Crippen molar-refractivity contribution in [3.8, 4) is 5.75 Å². The fraction of sp³-hybridized carbons (Fsp3) is 0.290. The van der Waals surface area contributed by atoms with Crippen LogP contribution in [0.4, 0.5) is 0 Å². The lowest BCUT2D eigenvalue weighted by atomic mass is 10.0. The molecule has 0 saturated carbocycles. The van der Waals surface area contributed by atoms with Gasteiger partial charge in [-0.2, -0.15) is 0 Å². The Morgan fingerprint density at radius 1 is 0.897 bits per heavy atom. The highest BCUT2D eigenvalue weighted by Crippen LogP contribution is 2.24. The molecule has 202 valence electrons. The number of nitrogens with zero attached hydrogens (tertiary/aromatic N) is 2. The summed E-state index contributed by atoms with van der Waals surface area (Å²) in [6.45, 7) is 2.60. The zero-order valence-corrected chi connectivity index (χ0v) is 22.3. The number of hydrogen-bond acceptors (Lipinski definition) is 5. The van der Waals surface area contributed by atoms with Crippen LogP contribution in [0.2, 0.25) is 0 Å². The lowest BCUT2D eigenvalue weighted by Gasteiger charge is -2.32. The molecule has 1 heterocycles. The predicted octanol–water partition coefficient (Wildman–Crippen LogP) is 3.85. The van der Waals surface area contributed by atoms with Gasteiger partial charge in [-0.05, 0) is 48.7 Å². The van der Waals surface area contributed by atoms with Crippen LogP contribution < -0.4 is 10.1 Å². The third kappa shape index (κ3) is 6.52. The molecule has 3 aromatic carbocycles. The molecule has 0 radical (unpaired) electrons. The monoisotopic (exact) mass is 527 g/mol. The molecule has 1 aliphatic rings. The van der Waals surface area contributed by atoms with Gasteiger partial charge in [0.1, 0.15) is 11.8 Å². The molecule has 3 aromatic rings. The molecule has 0 saturated heterocycles. The molecule has 8 heteroatoms. The number of imide groups is 1. The van der Waals surface area contributed by atoms with Crippen LogP contribution in [0.15, 0.2) is 78.9 Å². The van der Waals surface area contributed by atoms with Crippen LogP contribution in [0.5, 0.6) is 5.75 Å². The number of nitrogens with one attached hydrogen (secondary N) is 1. The first-order valence-electron chi connectivity index (χ1n) is 13.1. The van der Waals surface area contributed by atoms with Gasteiger partial charge >= 0.3 is 0 Å². The van der Waals surface area contributed by atoms with Gasteiger partial charge in [-0.3, -0.25) is 24.1 Å². The number of fused-ring (bicyclic) bond motifs is 1. The van der Waals surface area contributed by atoms with Gasteiger partial charge in [0, 0.05) is 32.5 Å². The molecule has 1 N–H and O–H groups in total. The second kappa shape index (κ2) is 12.9. The lowest BCUT2D eigenvalue weighted by molar-refractivity contribution is -0.141. The van der Waals surface area contributed by atoms with Crippen LogP contribution in [0.1, 0.15) is 51.6 Å². The smallest absolute Gasteiger partial charge is 0.261 e. The van der Waals surface area contributed by atoms with Crippen molar-refractivity contribution < 1.29 is 23.9 Å². The van der Waals surface area contributed by atoms with Gasteiger partial charge in [0.15, 0.2) is 0 Å². The van der Waals surface area contributed by atoms with Crippen LogP contribution in [0.3, 0.4) is 0 Å². The van der Waals surface area contributed by atoms with E-state index in [2.05, 4.69) is 5.32 Å². The summed E-state index contributed by atoms with van der Waals surface area (Å²) in [4.78, 5) is 55.3. The summed E-state index contributed by atoms with van der Waals surface area (Å²) in [7, 11) is 1.58. The number of benzene rings is 3. The van der Waals surface area contributed by atoms with E-state index in [1.54, 1.807) is 36.3 Å². The molecule has 0 aliphatic carbocycles. The summed E-state index contributed by atoms with van der Waals surface area (Å²) in [5.74, 6) is -0.510. The molecular weight excluding hydrogens is 494 g/mol. The van der Waals surface area contributed by atoms with Gasteiger partial charge in [-0.1, -0.05) is 54.6 Å². The van der Waals surface area contributed by atoms with Crippen LogP contribution in [0, 0.1) is 0 Å². The maximum Gasteiger partial charge on any atom is 0.261 e. The molecule has 1 unspecified atom stereocenters. The highest BCUT2D eigenvalue weighted by Gasteiger charge is 2.35. The second-order valence-corrected chi connectivity index (χ2v) is 9.38. The van der Waals surface area contributed by atoms with Crippen molar-refractivity contribution >= 4 is 23.6 Å². The molecule has 0 spiro atoms. The zero-order valence-electron chi connectivity index (χ0n) is 22.3. The molecule has 0 aromatic heterocycles. The molecule has 39 heavy (non-hydrogen) atoms. The van der Waals surface area contributed by atoms with E-state index in [1.807, 2.05) is 61.5 Å². The first-order valence-corrected chi connectivity index (χ1v) is 13.1. The molecule has 1 atom stereocenters. The Bertz CT molecular complexity index is 1310. The second-order valence-electron chi connectivity index (χ2n) is 9.38. The van der Waals surface area contributed by atoms with Crippen molar-refractivity contribution in [1.82, 2.24) is 15.1 Å². The first-order chi connectivity index (χ1) is 18.9. The Balaban J connectivity index is 1.54. The van der Waals surface area contributed by atoms with E-state index < -0.39 is 6.04 Å². The molecule has 0 bridgehead atoms. The van der Waals surface area contributed by atoms with Gasteiger partial charge in [0.2, 0.25) is 11.8 Å². The number of carbonyl (C=O) groups is 4. The summed E-state index contributed by atoms with van der Waals surface area (Å²) < 4.78 is 5.36. The van der Waals surface area contributed by atoms with Crippen molar-refractivity contribution in [3.63, 3.8) is 0 Å². The number of amides is 4. The van der Waals surface area contributed by atoms with Gasteiger partial charge in [-0.25, -0.2) is 0 Å². The van der Waals surface area contributed by atoms with E-state index in [0.29, 0.717) is 29.8 Å². The fourth-order valence-corrected chi connectivity index (χ4v) is 4.79. The number of ether oxygens (including phenoxy) is 1. The Morgan fingerprint density at radius 3 is 2.18 bits per heavy atom. The van der Waals surface area contributed by atoms with Crippen molar-refractivity contribution in [1.29, 1.82) is 0 Å². The molecule has 8 nitrogen and oxygen atoms in total. The van der Waals surface area contributed by atoms with Gasteiger partial charge in [0.25, 0.3) is 11.8 Å². The van der Waals surface area contributed by atoms with Crippen molar-refractivity contribution in [2.75, 3.05) is 20.2 Å². The third-order valence-corrected chi connectivity index (χ3v) is 6.76. The summed E-state index contributed by atoms with van der Waals surface area (Å²) in [5.41, 5.74) is 2.52. The summed E-state index contributed by atoms with van der Waals surface area (Å²) in [5, 5.41) is 2.88. The highest BCUT2D eigenvalue weighted by atomic mass is 16.5. The SMILES string of the molecule is CCNC(=O)C(Cc1ccccc1)N(Cc1cccc(OC)c1)C(=O)CCCN1C(=O)c2ccccc2C1=O. The average molecular weight is 528 g/mol. The van der Waals surface area contributed by atoms with Crippen LogP contribution in [-0.4, -0.2) is 59.7 Å². The van der Waals surface area contributed by atoms with E-state index in [-0.39, 0.29) is 49.6 Å². The topological polar surface area (TPSA) is 96.0 Å². The fourth-order valence-electron chi connectivity index (χ4n) is 4.79. The average Bonchev–Trinajstić information content (AvgIpc) is 3.20. The van der Waals surface area contributed by atoms with E-state index in [0.717, 1.165) is 11.1 Å². The van der Waals surface area contributed by atoms with Crippen LogP contribution in [0.25, 0.3) is 0 Å². The zero-order chi connectivity index (χ0) is 27.8. The number of likely N-dealkylation sites (N-methyl/N-ethyl adjacent to an activating group) is 1. The number of carbonyl (C=O) groups excluding carboxylic acids is 4. The van der Waals surface area contributed by atoms with Gasteiger partial charge in [-0.15, -0.1) is 0 Å². The summed E-state index contributed by atoms with van der Waals surface area (Å²) >= 11 is 0. The van der Waals surface area contributed by atoms with E-state index in [1.165, 1.54) is 4.90 Å². The normalized spacial score (nSPS) is 13.1. The molecule has 1 aliphatic heterocycles. The van der Waals surface area contributed by atoms with Crippen molar-refractivity contribution in [2.45, 2.75) is 38.8 Å². The van der Waals surface area contributed by atoms with Gasteiger partial charge in [0.05, 0.1) is 18.2 Å². The molecule has 0 fully saturated rings. The van der Waals surface area contributed by atoms with Crippen LogP contribution >= 0.6 is 0 Å². The largest absolute Gasteiger partial charge is 0.497 e.